The highest BCUT2D eigenvalue weighted by Gasteiger charge is 2.37. The van der Waals surface area contributed by atoms with Crippen LogP contribution >= 0.6 is 0 Å². The van der Waals surface area contributed by atoms with E-state index < -0.39 is 17.8 Å². The molecule has 5 heteroatoms. The molecule has 1 fully saturated rings. The fraction of sp³-hybridized carbons (Fsp3) is 0.308. The molecule has 2 rings (SSSR count). The van der Waals surface area contributed by atoms with Crippen LogP contribution in [0.15, 0.2) is 18.2 Å². The Morgan fingerprint density at radius 3 is 2.39 bits per heavy atom. The minimum atomic E-state index is -0.593. The molecular formula is C13H14N2O3. The molecule has 5 nitrogen and oxygen atoms in total. The van der Waals surface area contributed by atoms with Crippen molar-refractivity contribution in [2.75, 3.05) is 11.9 Å². The summed E-state index contributed by atoms with van der Waals surface area (Å²) in [6.45, 7) is 3.71. The van der Waals surface area contributed by atoms with Gasteiger partial charge >= 0.3 is 6.03 Å². The average Bonchev–Trinajstić information content (AvgIpc) is 2.31. The zero-order chi connectivity index (χ0) is 13.4. The fourth-order valence-electron chi connectivity index (χ4n) is 1.89. The Labute approximate surface area is 105 Å². The molecule has 1 saturated heterocycles. The molecule has 1 aliphatic rings. The maximum atomic E-state index is 12.0. The van der Waals surface area contributed by atoms with Crippen molar-refractivity contribution in [3.05, 3.63) is 29.3 Å². The number of amides is 4. The van der Waals surface area contributed by atoms with Crippen LogP contribution in [0.25, 0.3) is 0 Å². The minimum absolute atomic E-state index is 0.268. The molecule has 94 valence electrons. The van der Waals surface area contributed by atoms with Crippen molar-refractivity contribution >= 4 is 23.5 Å². The third-order valence-electron chi connectivity index (χ3n) is 3.01. The average molecular weight is 246 g/mol. The van der Waals surface area contributed by atoms with E-state index in [-0.39, 0.29) is 6.42 Å². The number of carbonyl (C=O) groups excluding carboxylic acids is 3. The predicted molar refractivity (Wildman–Crippen MR) is 66.2 cm³/mol. The largest absolute Gasteiger partial charge is 0.337 e. The van der Waals surface area contributed by atoms with Crippen LogP contribution in [0.4, 0.5) is 10.5 Å². The number of benzene rings is 1. The maximum Gasteiger partial charge on any atom is 0.337 e. The molecule has 0 aliphatic carbocycles. The van der Waals surface area contributed by atoms with Gasteiger partial charge in [0.1, 0.15) is 6.42 Å². The Bertz CT molecular complexity index is 551. The van der Waals surface area contributed by atoms with Crippen molar-refractivity contribution < 1.29 is 14.4 Å². The van der Waals surface area contributed by atoms with Crippen molar-refractivity contribution in [2.24, 2.45) is 0 Å². The van der Waals surface area contributed by atoms with Crippen LogP contribution in [0.3, 0.4) is 0 Å². The summed E-state index contributed by atoms with van der Waals surface area (Å²) in [6.07, 6.45) is -0.268. The summed E-state index contributed by atoms with van der Waals surface area (Å²) in [5.74, 6) is -0.941. The zero-order valence-electron chi connectivity index (χ0n) is 10.6. The highest BCUT2D eigenvalue weighted by molar-refractivity contribution is 6.26. The number of rotatable bonds is 1. The number of imide groups is 2. The van der Waals surface area contributed by atoms with Gasteiger partial charge in [0.2, 0.25) is 11.8 Å². The highest BCUT2D eigenvalue weighted by Crippen LogP contribution is 2.25. The Morgan fingerprint density at radius 1 is 1.06 bits per heavy atom. The summed E-state index contributed by atoms with van der Waals surface area (Å²) in [7, 11) is 1.38. The zero-order valence-corrected chi connectivity index (χ0v) is 10.6. The number of barbiturate groups is 1. The van der Waals surface area contributed by atoms with Crippen LogP contribution in [-0.2, 0) is 9.59 Å². The van der Waals surface area contributed by atoms with E-state index >= 15 is 0 Å². The highest BCUT2D eigenvalue weighted by atomic mass is 16.2. The molecule has 4 amide bonds. The van der Waals surface area contributed by atoms with Gasteiger partial charge in [-0.1, -0.05) is 12.1 Å². The van der Waals surface area contributed by atoms with E-state index in [2.05, 4.69) is 0 Å². The molecule has 0 atom stereocenters. The van der Waals surface area contributed by atoms with Crippen molar-refractivity contribution in [1.82, 2.24) is 4.90 Å². The number of hydrogen-bond donors (Lipinski definition) is 0. The van der Waals surface area contributed by atoms with Gasteiger partial charge in [0, 0.05) is 7.05 Å². The lowest BCUT2D eigenvalue weighted by molar-refractivity contribution is -0.134. The molecule has 1 heterocycles. The SMILES string of the molecule is Cc1ccc(C)c(N2C(=O)CC(=O)N(C)C2=O)c1. The molecular weight excluding hydrogens is 232 g/mol. The second kappa shape index (κ2) is 4.25. The van der Waals surface area contributed by atoms with Gasteiger partial charge in [-0.05, 0) is 31.0 Å². The number of anilines is 1. The smallest absolute Gasteiger partial charge is 0.274 e. The predicted octanol–water partition coefficient (Wildman–Crippen LogP) is 1.62. The number of hydrogen-bond acceptors (Lipinski definition) is 3. The summed E-state index contributed by atoms with van der Waals surface area (Å²) < 4.78 is 0. The van der Waals surface area contributed by atoms with Crippen molar-refractivity contribution in [1.29, 1.82) is 0 Å². The van der Waals surface area contributed by atoms with E-state index in [0.29, 0.717) is 5.69 Å². The van der Waals surface area contributed by atoms with Gasteiger partial charge < -0.3 is 0 Å². The van der Waals surface area contributed by atoms with Gasteiger partial charge in [0.05, 0.1) is 5.69 Å². The maximum absolute atomic E-state index is 12.0. The third kappa shape index (κ3) is 1.88. The molecule has 0 bridgehead atoms. The van der Waals surface area contributed by atoms with Crippen LogP contribution in [0.2, 0.25) is 0 Å². The summed E-state index contributed by atoms with van der Waals surface area (Å²) >= 11 is 0. The summed E-state index contributed by atoms with van der Waals surface area (Å²) in [6, 6.07) is 4.94. The van der Waals surface area contributed by atoms with Crippen molar-refractivity contribution in [3.8, 4) is 0 Å². The molecule has 0 N–H and O–H groups in total. The molecule has 0 spiro atoms. The first-order chi connectivity index (χ1) is 8.41. The Kier molecular flexibility index (Phi) is 2.90. The van der Waals surface area contributed by atoms with Gasteiger partial charge in [-0.25, -0.2) is 9.69 Å². The second-order valence-corrected chi connectivity index (χ2v) is 4.43. The quantitative estimate of drug-likeness (QED) is 0.707. The monoisotopic (exact) mass is 246 g/mol. The van der Waals surface area contributed by atoms with E-state index in [0.717, 1.165) is 20.9 Å². The Morgan fingerprint density at radius 2 is 1.72 bits per heavy atom. The lowest BCUT2D eigenvalue weighted by atomic mass is 10.1. The first-order valence-corrected chi connectivity index (χ1v) is 5.62. The van der Waals surface area contributed by atoms with E-state index in [1.54, 1.807) is 6.07 Å². The minimum Gasteiger partial charge on any atom is -0.274 e. The van der Waals surface area contributed by atoms with Gasteiger partial charge in [0.25, 0.3) is 0 Å². The first kappa shape index (κ1) is 12.3. The second-order valence-electron chi connectivity index (χ2n) is 4.43. The lowest BCUT2D eigenvalue weighted by Crippen LogP contribution is -2.53. The third-order valence-corrected chi connectivity index (χ3v) is 3.01. The van der Waals surface area contributed by atoms with E-state index in [4.69, 9.17) is 0 Å². The van der Waals surface area contributed by atoms with Crippen LogP contribution in [0.1, 0.15) is 17.5 Å². The molecule has 0 radical (unpaired) electrons. The Balaban J connectivity index is 2.49. The topological polar surface area (TPSA) is 57.7 Å². The molecule has 0 saturated carbocycles. The molecule has 18 heavy (non-hydrogen) atoms. The van der Waals surface area contributed by atoms with Gasteiger partial charge in [-0.15, -0.1) is 0 Å². The van der Waals surface area contributed by atoms with Gasteiger partial charge in [0.15, 0.2) is 0 Å². The summed E-state index contributed by atoms with van der Waals surface area (Å²) in [5, 5.41) is 0. The molecule has 1 aromatic rings. The number of nitrogens with zero attached hydrogens (tertiary/aromatic N) is 2. The molecule has 1 aliphatic heterocycles. The lowest BCUT2D eigenvalue weighted by Gasteiger charge is -2.31. The summed E-state index contributed by atoms with van der Waals surface area (Å²) in [4.78, 5) is 37.4. The van der Waals surface area contributed by atoms with Crippen LogP contribution in [0.5, 0.6) is 0 Å². The molecule has 0 unspecified atom stereocenters. The normalized spacial score (nSPS) is 16.5. The van der Waals surface area contributed by atoms with Crippen LogP contribution < -0.4 is 4.90 Å². The number of aryl methyl sites for hydroxylation is 2. The Hall–Kier alpha value is -2.17. The number of urea groups is 1. The van der Waals surface area contributed by atoms with Gasteiger partial charge in [-0.3, -0.25) is 14.5 Å². The van der Waals surface area contributed by atoms with E-state index in [9.17, 15) is 14.4 Å². The standard InChI is InChI=1S/C13H14N2O3/c1-8-4-5-9(2)10(6-8)15-12(17)7-11(16)14(3)13(15)18/h4-6H,7H2,1-3H3. The summed E-state index contributed by atoms with van der Waals surface area (Å²) in [5.41, 5.74) is 2.32. The van der Waals surface area contributed by atoms with Crippen molar-refractivity contribution in [2.45, 2.75) is 20.3 Å². The number of carbonyl (C=O) groups is 3. The van der Waals surface area contributed by atoms with Crippen LogP contribution in [0, 0.1) is 13.8 Å². The van der Waals surface area contributed by atoms with Gasteiger partial charge in [-0.2, -0.15) is 0 Å². The van der Waals surface area contributed by atoms with Crippen LogP contribution in [-0.4, -0.2) is 29.8 Å². The fourth-order valence-corrected chi connectivity index (χ4v) is 1.89. The van der Waals surface area contributed by atoms with Crippen molar-refractivity contribution in [3.63, 3.8) is 0 Å². The molecule has 0 aromatic heterocycles. The molecule has 1 aromatic carbocycles. The first-order valence-electron chi connectivity index (χ1n) is 5.62. The van der Waals surface area contributed by atoms with E-state index in [1.807, 2.05) is 26.0 Å². The van der Waals surface area contributed by atoms with E-state index in [1.165, 1.54) is 7.05 Å².